The molecular formula is C20H22N2O3. The highest BCUT2D eigenvalue weighted by Crippen LogP contribution is 2.25. The smallest absolute Gasteiger partial charge is 0.234 e. The van der Waals surface area contributed by atoms with Crippen molar-refractivity contribution < 1.29 is 14.3 Å². The number of hydrogen-bond donors (Lipinski definition) is 1. The van der Waals surface area contributed by atoms with Crippen LogP contribution in [0, 0.1) is 11.3 Å². The summed E-state index contributed by atoms with van der Waals surface area (Å²) in [4.78, 5) is 11.5. The van der Waals surface area contributed by atoms with Gasteiger partial charge in [0.2, 0.25) is 5.91 Å². The topological polar surface area (TPSA) is 71.3 Å². The summed E-state index contributed by atoms with van der Waals surface area (Å²) in [5, 5.41) is 11.3. The Morgan fingerprint density at radius 1 is 1.20 bits per heavy atom. The van der Waals surface area contributed by atoms with Gasteiger partial charge >= 0.3 is 0 Å². The van der Waals surface area contributed by atoms with Crippen molar-refractivity contribution in [1.29, 1.82) is 5.26 Å². The van der Waals surface area contributed by atoms with Gasteiger partial charge in [0.15, 0.2) is 0 Å². The second kappa shape index (κ2) is 9.99. The summed E-state index contributed by atoms with van der Waals surface area (Å²) in [6, 6.07) is 17.6. The lowest BCUT2D eigenvalue weighted by atomic mass is 10.1. The lowest BCUT2D eigenvalue weighted by molar-refractivity contribution is -0.120. The molecule has 0 fully saturated rings. The van der Waals surface area contributed by atoms with Gasteiger partial charge in [0.1, 0.15) is 17.9 Å². The van der Waals surface area contributed by atoms with Crippen molar-refractivity contribution in [2.45, 2.75) is 25.8 Å². The Morgan fingerprint density at radius 3 is 2.72 bits per heavy atom. The van der Waals surface area contributed by atoms with Crippen LogP contribution in [-0.2, 0) is 17.8 Å². The van der Waals surface area contributed by atoms with Crippen molar-refractivity contribution in [1.82, 2.24) is 5.32 Å². The van der Waals surface area contributed by atoms with Crippen LogP contribution in [0.3, 0.4) is 0 Å². The van der Waals surface area contributed by atoms with Crippen LogP contribution >= 0.6 is 0 Å². The Labute approximate surface area is 148 Å². The first-order valence-electron chi connectivity index (χ1n) is 8.20. The summed E-state index contributed by atoms with van der Waals surface area (Å²) in [5.41, 5.74) is 2.13. The molecule has 0 aliphatic rings. The van der Waals surface area contributed by atoms with Crippen LogP contribution in [0.25, 0.3) is 0 Å². The second-order valence-electron chi connectivity index (χ2n) is 5.52. The van der Waals surface area contributed by atoms with Gasteiger partial charge in [-0.15, -0.1) is 0 Å². The molecule has 0 saturated carbocycles. The predicted molar refractivity (Wildman–Crippen MR) is 95.3 cm³/mol. The third-order valence-corrected chi connectivity index (χ3v) is 3.70. The largest absolute Gasteiger partial charge is 0.497 e. The molecule has 130 valence electrons. The third kappa shape index (κ3) is 6.19. The molecule has 0 heterocycles. The van der Waals surface area contributed by atoms with E-state index in [1.54, 1.807) is 7.11 Å². The molecule has 2 aromatic carbocycles. The van der Waals surface area contributed by atoms with E-state index < -0.39 is 0 Å². The minimum atomic E-state index is -0.298. The maximum Gasteiger partial charge on any atom is 0.234 e. The average Bonchev–Trinajstić information content (AvgIpc) is 2.65. The molecule has 5 nitrogen and oxygen atoms in total. The van der Waals surface area contributed by atoms with E-state index in [0.29, 0.717) is 24.7 Å². The summed E-state index contributed by atoms with van der Waals surface area (Å²) >= 11 is 0. The van der Waals surface area contributed by atoms with E-state index in [2.05, 4.69) is 17.4 Å². The summed E-state index contributed by atoms with van der Waals surface area (Å²) < 4.78 is 11.1. The number of ether oxygens (including phenoxy) is 2. The highest BCUT2D eigenvalue weighted by Gasteiger charge is 2.08. The minimum absolute atomic E-state index is 0.149. The highest BCUT2D eigenvalue weighted by atomic mass is 16.5. The molecule has 1 N–H and O–H groups in total. The van der Waals surface area contributed by atoms with Crippen molar-refractivity contribution in [3.8, 4) is 17.6 Å². The fourth-order valence-electron chi connectivity index (χ4n) is 2.37. The molecule has 2 aromatic rings. The number of nitrogens with zero attached hydrogens (tertiary/aromatic N) is 1. The van der Waals surface area contributed by atoms with Crippen molar-refractivity contribution in [2.75, 3.05) is 13.7 Å². The van der Waals surface area contributed by atoms with Crippen molar-refractivity contribution >= 4 is 5.91 Å². The number of benzene rings is 2. The number of nitriles is 1. The van der Waals surface area contributed by atoms with Crippen LogP contribution in [-0.4, -0.2) is 19.6 Å². The summed E-state index contributed by atoms with van der Waals surface area (Å²) in [5.74, 6) is 1.09. The number of carbonyl (C=O) groups is 1. The summed E-state index contributed by atoms with van der Waals surface area (Å²) in [7, 11) is 1.60. The number of methoxy groups -OCH3 is 1. The standard InChI is InChI=1S/C20H22N2O3/c1-24-18-10-9-17(15-22-20(23)11-12-21)19(14-18)25-13-5-8-16-6-3-2-4-7-16/h2-4,6-7,9-10,14H,5,8,11,13,15H2,1H3,(H,22,23). The van der Waals surface area contributed by atoms with Crippen LogP contribution in [0.5, 0.6) is 11.5 Å². The van der Waals surface area contributed by atoms with E-state index in [4.69, 9.17) is 14.7 Å². The molecule has 0 spiro atoms. The van der Waals surface area contributed by atoms with Gasteiger partial charge in [-0.1, -0.05) is 30.3 Å². The fraction of sp³-hybridized carbons (Fsp3) is 0.300. The minimum Gasteiger partial charge on any atom is -0.497 e. The van der Waals surface area contributed by atoms with Crippen molar-refractivity contribution in [3.63, 3.8) is 0 Å². The maximum atomic E-state index is 11.5. The zero-order chi connectivity index (χ0) is 17.9. The number of aryl methyl sites for hydroxylation is 1. The van der Waals surface area contributed by atoms with Gasteiger partial charge in [-0.05, 0) is 30.5 Å². The molecule has 0 aromatic heterocycles. The zero-order valence-electron chi connectivity index (χ0n) is 14.3. The maximum absolute atomic E-state index is 11.5. The zero-order valence-corrected chi connectivity index (χ0v) is 14.3. The molecule has 0 bridgehead atoms. The molecule has 0 saturated heterocycles. The van der Waals surface area contributed by atoms with Crippen LogP contribution in [0.15, 0.2) is 48.5 Å². The normalized spacial score (nSPS) is 9.92. The van der Waals surface area contributed by atoms with E-state index >= 15 is 0 Å². The first-order chi connectivity index (χ1) is 12.2. The van der Waals surface area contributed by atoms with Crippen LogP contribution in [0.1, 0.15) is 24.0 Å². The van der Waals surface area contributed by atoms with Gasteiger partial charge < -0.3 is 14.8 Å². The Morgan fingerprint density at radius 2 is 2.00 bits per heavy atom. The summed E-state index contributed by atoms with van der Waals surface area (Å²) in [6.07, 6.45) is 1.68. The van der Waals surface area contributed by atoms with Gasteiger partial charge in [-0.3, -0.25) is 4.79 Å². The van der Waals surface area contributed by atoms with E-state index in [0.717, 1.165) is 18.4 Å². The van der Waals surface area contributed by atoms with Gasteiger partial charge in [0.05, 0.1) is 19.8 Å². The number of rotatable bonds is 9. The monoisotopic (exact) mass is 338 g/mol. The Hall–Kier alpha value is -3.00. The molecule has 0 aliphatic carbocycles. The lowest BCUT2D eigenvalue weighted by Crippen LogP contribution is -2.22. The number of carbonyl (C=O) groups excluding carboxylic acids is 1. The molecule has 5 heteroatoms. The van der Waals surface area contributed by atoms with Crippen LogP contribution in [0.2, 0.25) is 0 Å². The second-order valence-corrected chi connectivity index (χ2v) is 5.52. The number of amides is 1. The average molecular weight is 338 g/mol. The molecule has 2 rings (SSSR count). The number of hydrogen-bond acceptors (Lipinski definition) is 4. The predicted octanol–water partition coefficient (Wildman–Crippen LogP) is 3.24. The molecule has 0 aliphatic heterocycles. The van der Waals surface area contributed by atoms with Crippen molar-refractivity contribution in [3.05, 3.63) is 59.7 Å². The molecule has 0 unspecified atom stereocenters. The third-order valence-electron chi connectivity index (χ3n) is 3.70. The van der Waals surface area contributed by atoms with E-state index in [1.165, 1.54) is 5.56 Å². The molecule has 25 heavy (non-hydrogen) atoms. The van der Waals surface area contributed by atoms with Gasteiger partial charge in [0.25, 0.3) is 0 Å². The van der Waals surface area contributed by atoms with Crippen LogP contribution < -0.4 is 14.8 Å². The van der Waals surface area contributed by atoms with E-state index in [-0.39, 0.29) is 12.3 Å². The first kappa shape index (κ1) is 18.3. The molecular weight excluding hydrogens is 316 g/mol. The van der Waals surface area contributed by atoms with Gasteiger partial charge in [-0.2, -0.15) is 5.26 Å². The Kier molecular flexibility index (Phi) is 7.33. The van der Waals surface area contributed by atoms with Gasteiger partial charge in [-0.25, -0.2) is 0 Å². The first-order valence-corrected chi connectivity index (χ1v) is 8.20. The molecule has 0 atom stereocenters. The quantitative estimate of drug-likeness (QED) is 0.713. The molecule has 0 radical (unpaired) electrons. The van der Waals surface area contributed by atoms with Gasteiger partial charge in [0, 0.05) is 18.2 Å². The molecule has 1 amide bonds. The summed E-state index contributed by atoms with van der Waals surface area (Å²) in [6.45, 7) is 0.889. The van der Waals surface area contributed by atoms with Crippen LogP contribution in [0.4, 0.5) is 0 Å². The van der Waals surface area contributed by atoms with E-state index in [9.17, 15) is 4.79 Å². The van der Waals surface area contributed by atoms with E-state index in [1.807, 2.05) is 42.5 Å². The number of nitrogens with one attached hydrogen (secondary N) is 1. The fourth-order valence-corrected chi connectivity index (χ4v) is 2.37. The SMILES string of the molecule is COc1ccc(CNC(=O)CC#N)c(OCCCc2ccccc2)c1. The van der Waals surface area contributed by atoms with Crippen molar-refractivity contribution in [2.24, 2.45) is 0 Å². The Bertz CT molecular complexity index is 723. The Balaban J connectivity index is 1.92. The highest BCUT2D eigenvalue weighted by molar-refractivity contribution is 5.78. The lowest BCUT2D eigenvalue weighted by Gasteiger charge is -2.13.